The summed E-state index contributed by atoms with van der Waals surface area (Å²) in [4.78, 5) is 12.3. The molecule has 6 heteroatoms. The van der Waals surface area contributed by atoms with E-state index in [0.717, 1.165) is 17.0 Å². The minimum Gasteiger partial charge on any atom is -0.489 e. The molecule has 1 amide bonds. The van der Waals surface area contributed by atoms with Gasteiger partial charge in [0.25, 0.3) is 5.91 Å². The van der Waals surface area contributed by atoms with Crippen LogP contribution in [-0.4, -0.2) is 22.2 Å². The molecule has 2 N–H and O–H groups in total. The molecular weight excluding hydrogens is 302 g/mol. The lowest BCUT2D eigenvalue weighted by molar-refractivity contribution is 0.0950. The van der Waals surface area contributed by atoms with E-state index in [9.17, 15) is 4.79 Å². The first-order valence-electron chi connectivity index (χ1n) is 7.14. The first-order valence-corrected chi connectivity index (χ1v) is 7.51. The van der Waals surface area contributed by atoms with E-state index in [-0.39, 0.29) is 12.0 Å². The van der Waals surface area contributed by atoms with Crippen molar-refractivity contribution in [2.45, 2.75) is 40.3 Å². The summed E-state index contributed by atoms with van der Waals surface area (Å²) in [6.07, 6.45) is -0.00880. The van der Waals surface area contributed by atoms with Crippen molar-refractivity contribution in [3.05, 3.63) is 45.7 Å². The molecule has 0 bridgehead atoms. The van der Waals surface area contributed by atoms with Crippen LogP contribution in [0.4, 0.5) is 0 Å². The predicted molar refractivity (Wildman–Crippen MR) is 86.4 cm³/mol. The Hall–Kier alpha value is -2.01. The smallest absolute Gasteiger partial charge is 0.253 e. The summed E-state index contributed by atoms with van der Waals surface area (Å²) < 4.78 is 5.59. The second-order valence-corrected chi connectivity index (χ2v) is 5.77. The number of hydrogen-bond donors (Lipinski definition) is 2. The normalized spacial score (nSPS) is 10.8. The monoisotopic (exact) mass is 321 g/mol. The first-order chi connectivity index (χ1) is 10.4. The van der Waals surface area contributed by atoms with Gasteiger partial charge in [0.05, 0.1) is 28.9 Å². The lowest BCUT2D eigenvalue weighted by Gasteiger charge is -2.13. The molecule has 2 aromatic rings. The van der Waals surface area contributed by atoms with Gasteiger partial charge < -0.3 is 10.1 Å². The molecule has 0 aliphatic rings. The molecule has 0 spiro atoms. The first kappa shape index (κ1) is 16.4. The third kappa shape index (κ3) is 3.60. The fourth-order valence-electron chi connectivity index (χ4n) is 2.00. The lowest BCUT2D eigenvalue weighted by atomic mass is 10.2. The third-order valence-corrected chi connectivity index (χ3v) is 3.73. The number of amides is 1. The summed E-state index contributed by atoms with van der Waals surface area (Å²) in [7, 11) is 0. The molecule has 22 heavy (non-hydrogen) atoms. The molecule has 1 heterocycles. The van der Waals surface area contributed by atoms with Crippen LogP contribution >= 0.6 is 11.6 Å². The zero-order chi connectivity index (χ0) is 16.3. The van der Waals surface area contributed by atoms with Gasteiger partial charge in [0.15, 0.2) is 0 Å². The number of nitrogens with zero attached hydrogens (tertiary/aromatic N) is 1. The molecule has 0 radical (unpaired) electrons. The highest BCUT2D eigenvalue weighted by Gasteiger charge is 2.15. The van der Waals surface area contributed by atoms with Crippen molar-refractivity contribution in [2.24, 2.45) is 0 Å². The number of halogens is 1. The molecule has 5 nitrogen and oxygen atoms in total. The Bertz CT molecular complexity index is 680. The second-order valence-electron chi connectivity index (χ2n) is 5.39. The summed E-state index contributed by atoms with van der Waals surface area (Å²) in [6, 6.07) is 5.18. The molecule has 2 rings (SSSR count). The second kappa shape index (κ2) is 6.83. The minimum atomic E-state index is -0.251. The van der Waals surface area contributed by atoms with Crippen LogP contribution in [0, 0.1) is 13.8 Å². The van der Waals surface area contributed by atoms with E-state index in [2.05, 4.69) is 15.5 Å². The molecule has 0 fully saturated rings. The van der Waals surface area contributed by atoms with Crippen molar-refractivity contribution in [1.29, 1.82) is 0 Å². The third-order valence-electron chi connectivity index (χ3n) is 3.34. The maximum absolute atomic E-state index is 12.3. The number of ether oxygens (including phenoxy) is 1. The number of rotatable bonds is 5. The number of H-pyrrole nitrogens is 1. The van der Waals surface area contributed by atoms with Crippen molar-refractivity contribution < 1.29 is 9.53 Å². The van der Waals surface area contributed by atoms with Gasteiger partial charge in [-0.1, -0.05) is 17.7 Å². The Morgan fingerprint density at radius 1 is 1.41 bits per heavy atom. The van der Waals surface area contributed by atoms with Gasteiger partial charge in [0.2, 0.25) is 0 Å². The van der Waals surface area contributed by atoms with E-state index in [0.29, 0.717) is 22.9 Å². The number of benzene rings is 1. The number of nitrogens with one attached hydrogen (secondary N) is 2. The quantitative estimate of drug-likeness (QED) is 0.887. The maximum atomic E-state index is 12.3. The van der Waals surface area contributed by atoms with Gasteiger partial charge in [-0.25, -0.2) is 0 Å². The van der Waals surface area contributed by atoms with E-state index in [1.807, 2.05) is 27.7 Å². The number of aromatic nitrogens is 2. The molecule has 1 aromatic heterocycles. The van der Waals surface area contributed by atoms with E-state index >= 15 is 0 Å². The van der Waals surface area contributed by atoms with Crippen LogP contribution in [0.5, 0.6) is 5.75 Å². The number of aryl methyl sites for hydroxylation is 1. The average Bonchev–Trinajstić information content (AvgIpc) is 2.78. The summed E-state index contributed by atoms with van der Waals surface area (Å²) in [6.45, 7) is 8.07. The molecule has 0 aliphatic heterocycles. The fourth-order valence-corrected chi connectivity index (χ4v) is 2.25. The van der Waals surface area contributed by atoms with Crippen molar-refractivity contribution >= 4 is 17.5 Å². The fraction of sp³-hybridized carbons (Fsp3) is 0.375. The molecule has 0 saturated heterocycles. The topological polar surface area (TPSA) is 67.0 Å². The summed E-state index contributed by atoms with van der Waals surface area (Å²) in [5.41, 5.74) is 3.25. The van der Waals surface area contributed by atoms with Crippen LogP contribution in [0.25, 0.3) is 0 Å². The van der Waals surface area contributed by atoms with Crippen LogP contribution in [0.2, 0.25) is 5.02 Å². The van der Waals surface area contributed by atoms with E-state index < -0.39 is 0 Å². The van der Waals surface area contributed by atoms with Gasteiger partial charge in [-0.05, 0) is 45.4 Å². The highest BCUT2D eigenvalue weighted by molar-refractivity contribution is 6.35. The van der Waals surface area contributed by atoms with Crippen LogP contribution in [0.3, 0.4) is 0 Å². The van der Waals surface area contributed by atoms with Gasteiger partial charge in [0.1, 0.15) is 5.75 Å². The van der Waals surface area contributed by atoms with Crippen molar-refractivity contribution in [3.63, 3.8) is 0 Å². The van der Waals surface area contributed by atoms with Gasteiger partial charge >= 0.3 is 0 Å². The zero-order valence-electron chi connectivity index (χ0n) is 13.2. The molecule has 1 aromatic carbocycles. The highest BCUT2D eigenvalue weighted by atomic mass is 35.5. The Morgan fingerprint density at radius 3 is 2.73 bits per heavy atom. The van der Waals surface area contributed by atoms with Crippen molar-refractivity contribution in [2.75, 3.05) is 0 Å². The molecule has 0 unspecified atom stereocenters. The highest BCUT2D eigenvalue weighted by Crippen LogP contribution is 2.29. The SMILES string of the molecule is Cc1[nH]nc(CNC(=O)c2cccc(OC(C)C)c2Cl)c1C. The Balaban J connectivity index is 2.11. The minimum absolute atomic E-state index is 0.00880. The van der Waals surface area contributed by atoms with E-state index in [4.69, 9.17) is 16.3 Å². The number of hydrogen-bond acceptors (Lipinski definition) is 3. The molecular formula is C16H20ClN3O2. The molecule has 118 valence electrons. The van der Waals surface area contributed by atoms with Crippen LogP contribution in [0.15, 0.2) is 18.2 Å². The lowest BCUT2D eigenvalue weighted by Crippen LogP contribution is -2.24. The summed E-state index contributed by atoms with van der Waals surface area (Å²) in [5, 5.41) is 10.2. The molecule has 0 saturated carbocycles. The standard InChI is InChI=1S/C16H20ClN3O2/c1-9(2)22-14-7-5-6-12(15(14)17)16(21)18-8-13-10(3)11(4)19-20-13/h5-7,9H,8H2,1-4H3,(H,18,21)(H,19,20). The molecule has 0 atom stereocenters. The van der Waals surface area contributed by atoms with Gasteiger partial charge in [-0.15, -0.1) is 0 Å². The number of aromatic amines is 1. The van der Waals surface area contributed by atoms with Crippen LogP contribution in [0.1, 0.15) is 41.2 Å². The molecule has 0 aliphatic carbocycles. The van der Waals surface area contributed by atoms with E-state index in [1.165, 1.54) is 0 Å². The van der Waals surface area contributed by atoms with Crippen LogP contribution < -0.4 is 10.1 Å². The largest absolute Gasteiger partial charge is 0.489 e. The predicted octanol–water partition coefficient (Wildman–Crippen LogP) is 3.40. The van der Waals surface area contributed by atoms with Gasteiger partial charge in [-0.2, -0.15) is 5.10 Å². The van der Waals surface area contributed by atoms with E-state index in [1.54, 1.807) is 18.2 Å². The Kier molecular flexibility index (Phi) is 5.08. The number of carbonyl (C=O) groups is 1. The average molecular weight is 322 g/mol. The van der Waals surface area contributed by atoms with Crippen molar-refractivity contribution in [3.8, 4) is 5.75 Å². The van der Waals surface area contributed by atoms with Gasteiger partial charge in [-0.3, -0.25) is 9.89 Å². The number of carbonyl (C=O) groups excluding carboxylic acids is 1. The summed E-state index contributed by atoms with van der Waals surface area (Å²) in [5.74, 6) is 0.260. The van der Waals surface area contributed by atoms with Gasteiger partial charge in [0, 0.05) is 5.69 Å². The maximum Gasteiger partial charge on any atom is 0.253 e. The zero-order valence-corrected chi connectivity index (χ0v) is 13.9. The summed E-state index contributed by atoms with van der Waals surface area (Å²) >= 11 is 6.26. The Labute approximate surface area is 135 Å². The Morgan fingerprint density at radius 2 is 2.14 bits per heavy atom. The van der Waals surface area contributed by atoms with Crippen molar-refractivity contribution in [1.82, 2.24) is 15.5 Å². The van der Waals surface area contributed by atoms with Crippen LogP contribution in [-0.2, 0) is 6.54 Å².